The van der Waals surface area contributed by atoms with Crippen molar-refractivity contribution >= 4 is 18.0 Å². The molecule has 0 saturated heterocycles. The fraction of sp³-hybridized carbons (Fsp3) is 0.889. The number of nitrogens with one attached hydrogen (secondary N) is 1. The Balaban J connectivity index is 0. The topological polar surface area (TPSA) is 132 Å². The summed E-state index contributed by atoms with van der Waals surface area (Å²) >= 11 is 0. The van der Waals surface area contributed by atoms with E-state index in [9.17, 15) is 19.5 Å². The van der Waals surface area contributed by atoms with E-state index >= 15 is 0 Å². The fourth-order valence-electron chi connectivity index (χ4n) is 3.31. The Bertz CT molecular complexity index is 488. The minimum atomic E-state index is -1.26. The van der Waals surface area contributed by atoms with Gasteiger partial charge in [0.2, 0.25) is 0 Å². The Morgan fingerprint density at radius 3 is 1.49 bits per heavy atom. The Morgan fingerprint density at radius 2 is 1.06 bits per heavy atom. The van der Waals surface area contributed by atoms with Crippen LogP contribution < -0.4 is 16.2 Å². The minimum Gasteiger partial charge on any atom is -0.530 e. The van der Waals surface area contributed by atoms with Crippen LogP contribution in [0.4, 0.5) is 4.79 Å². The minimum absolute atomic E-state index is 0.0282. The number of carbonyl (C=O) groups is 3. The lowest BCUT2D eigenvalue weighted by Crippen LogP contribution is -2.50. The summed E-state index contributed by atoms with van der Waals surface area (Å²) in [5.41, 5.74) is 3.75. The highest BCUT2D eigenvalue weighted by Crippen LogP contribution is 2.08. The van der Waals surface area contributed by atoms with Crippen molar-refractivity contribution in [2.45, 2.75) is 129 Å². The molecule has 0 aliphatic carbocycles. The molecule has 0 heterocycles. The molecule has 0 bridgehead atoms. The van der Waals surface area contributed by atoms with E-state index in [-0.39, 0.29) is 11.9 Å². The maximum absolute atomic E-state index is 11.3. The molecule has 0 saturated carbocycles. The van der Waals surface area contributed by atoms with Crippen molar-refractivity contribution in [1.82, 2.24) is 5.32 Å². The molecule has 0 fully saturated rings. The van der Waals surface area contributed by atoms with E-state index in [0.717, 1.165) is 45.1 Å². The number of ether oxygens (including phenoxy) is 2. The SMILES string of the molecule is CCCCCCCCC(=O)OCCCCNC(=O)[O-].CCCCCCCCC(=O)OCCCC[NH3+]. The number of hydrogen-bond donors (Lipinski definition) is 2. The maximum atomic E-state index is 11.3. The molecule has 0 aromatic heterocycles. The smallest absolute Gasteiger partial charge is 0.305 e. The van der Waals surface area contributed by atoms with Crippen LogP contribution >= 0.6 is 0 Å². The van der Waals surface area contributed by atoms with Crippen molar-refractivity contribution in [2.24, 2.45) is 0 Å². The number of esters is 2. The summed E-state index contributed by atoms with van der Waals surface area (Å²) in [6.07, 6.45) is 17.3. The second kappa shape index (κ2) is 30.2. The molecule has 8 heteroatoms. The van der Waals surface area contributed by atoms with E-state index < -0.39 is 6.09 Å². The maximum Gasteiger partial charge on any atom is 0.305 e. The second-order valence-corrected chi connectivity index (χ2v) is 8.96. The fourth-order valence-corrected chi connectivity index (χ4v) is 3.31. The van der Waals surface area contributed by atoms with Crippen molar-refractivity contribution < 1.29 is 34.7 Å². The summed E-state index contributed by atoms with van der Waals surface area (Å²) < 4.78 is 10.2. The molecular weight excluding hydrogens is 448 g/mol. The van der Waals surface area contributed by atoms with E-state index in [1.54, 1.807) is 0 Å². The lowest BCUT2D eigenvalue weighted by Gasteiger charge is -2.07. The predicted octanol–water partition coefficient (Wildman–Crippen LogP) is 4.30. The molecule has 8 nitrogen and oxygen atoms in total. The predicted molar refractivity (Wildman–Crippen MR) is 138 cm³/mol. The summed E-state index contributed by atoms with van der Waals surface area (Å²) in [5, 5.41) is 12.2. The molecule has 0 rings (SSSR count). The van der Waals surface area contributed by atoms with Gasteiger partial charge in [0, 0.05) is 19.4 Å². The van der Waals surface area contributed by atoms with Gasteiger partial charge >= 0.3 is 11.9 Å². The first-order chi connectivity index (χ1) is 17.0. The van der Waals surface area contributed by atoms with Crippen LogP contribution in [0.3, 0.4) is 0 Å². The molecule has 0 unspecified atom stereocenters. The average Bonchev–Trinajstić information content (AvgIpc) is 2.83. The normalized spacial score (nSPS) is 10.3. The molecule has 4 N–H and O–H groups in total. The molecular formula is C27H54N2O6. The zero-order valence-corrected chi connectivity index (χ0v) is 22.7. The zero-order chi connectivity index (χ0) is 26.4. The van der Waals surface area contributed by atoms with Crippen molar-refractivity contribution in [2.75, 3.05) is 26.3 Å². The van der Waals surface area contributed by atoms with E-state index in [1.165, 1.54) is 51.4 Å². The zero-order valence-electron chi connectivity index (χ0n) is 22.7. The summed E-state index contributed by atoms with van der Waals surface area (Å²) in [7, 11) is 0. The Hall–Kier alpha value is -1.83. The van der Waals surface area contributed by atoms with Crippen LogP contribution in [0.25, 0.3) is 0 Å². The first kappa shape index (κ1) is 35.3. The van der Waals surface area contributed by atoms with Crippen LogP contribution in [0.1, 0.15) is 129 Å². The Morgan fingerprint density at radius 1 is 0.629 bits per heavy atom. The number of unbranched alkanes of at least 4 members (excludes halogenated alkanes) is 12. The molecule has 35 heavy (non-hydrogen) atoms. The number of carboxylic acid groups (broad SMARTS) is 1. The largest absolute Gasteiger partial charge is 0.530 e. The van der Waals surface area contributed by atoms with Crippen molar-refractivity contribution in [3.63, 3.8) is 0 Å². The monoisotopic (exact) mass is 502 g/mol. The highest BCUT2D eigenvalue weighted by atomic mass is 16.5. The summed E-state index contributed by atoms with van der Waals surface area (Å²) in [6.45, 7) is 6.60. The molecule has 0 aromatic rings. The van der Waals surface area contributed by atoms with Gasteiger partial charge in [0.15, 0.2) is 0 Å². The van der Waals surface area contributed by atoms with Crippen LogP contribution in [0.5, 0.6) is 0 Å². The van der Waals surface area contributed by atoms with Gasteiger partial charge in [-0.2, -0.15) is 0 Å². The van der Waals surface area contributed by atoms with Gasteiger partial charge in [0.05, 0.1) is 19.8 Å². The standard InChI is InChI=1S/C14H27NO4.C13H27NO2/c1-2-3-4-5-6-7-10-13(16)19-12-9-8-11-15-14(17)18;1-2-3-4-5-6-7-10-13(15)16-12-9-8-11-14/h15H,2-12H2,1H3,(H,17,18);2-12,14H2,1H3. The lowest BCUT2D eigenvalue weighted by molar-refractivity contribution is -0.368. The van der Waals surface area contributed by atoms with Gasteiger partial charge in [-0.25, -0.2) is 0 Å². The highest BCUT2D eigenvalue weighted by molar-refractivity contribution is 5.69. The van der Waals surface area contributed by atoms with Gasteiger partial charge in [0.25, 0.3) is 0 Å². The van der Waals surface area contributed by atoms with Gasteiger partial charge in [0.1, 0.15) is 6.09 Å². The van der Waals surface area contributed by atoms with Crippen LogP contribution in [0.15, 0.2) is 0 Å². The number of amides is 1. The van der Waals surface area contributed by atoms with E-state index in [2.05, 4.69) is 24.9 Å². The third kappa shape index (κ3) is 34.4. The third-order valence-electron chi connectivity index (χ3n) is 5.48. The van der Waals surface area contributed by atoms with Crippen LogP contribution in [0, 0.1) is 0 Å². The summed E-state index contributed by atoms with van der Waals surface area (Å²) in [6, 6.07) is 0. The van der Waals surface area contributed by atoms with Crippen LogP contribution in [0.2, 0.25) is 0 Å². The first-order valence-electron chi connectivity index (χ1n) is 14.0. The van der Waals surface area contributed by atoms with E-state index in [4.69, 9.17) is 9.47 Å². The molecule has 0 radical (unpaired) electrons. The molecule has 1 amide bonds. The molecule has 208 valence electrons. The molecule has 0 aliphatic rings. The quantitative estimate of drug-likeness (QED) is 0.158. The Kier molecular flexibility index (Phi) is 30.5. The van der Waals surface area contributed by atoms with Crippen molar-refractivity contribution in [3.8, 4) is 0 Å². The van der Waals surface area contributed by atoms with Gasteiger partial charge in [-0.05, 0) is 38.5 Å². The molecule has 0 atom stereocenters. The van der Waals surface area contributed by atoms with Crippen LogP contribution in [-0.4, -0.2) is 44.3 Å². The number of hydrogen-bond acceptors (Lipinski definition) is 6. The molecule has 0 aliphatic heterocycles. The second-order valence-electron chi connectivity index (χ2n) is 8.96. The van der Waals surface area contributed by atoms with Gasteiger partial charge < -0.3 is 30.4 Å². The third-order valence-corrected chi connectivity index (χ3v) is 5.48. The lowest BCUT2D eigenvalue weighted by atomic mass is 10.1. The van der Waals surface area contributed by atoms with Gasteiger partial charge in [-0.15, -0.1) is 0 Å². The van der Waals surface area contributed by atoms with E-state index in [0.29, 0.717) is 45.4 Å². The van der Waals surface area contributed by atoms with Gasteiger partial charge in [-0.3, -0.25) is 9.59 Å². The van der Waals surface area contributed by atoms with E-state index in [1.807, 2.05) is 0 Å². The van der Waals surface area contributed by atoms with Crippen molar-refractivity contribution in [3.05, 3.63) is 0 Å². The molecule has 0 aromatic carbocycles. The van der Waals surface area contributed by atoms with Crippen molar-refractivity contribution in [1.29, 1.82) is 0 Å². The van der Waals surface area contributed by atoms with Gasteiger partial charge in [-0.1, -0.05) is 78.1 Å². The number of rotatable bonds is 23. The average molecular weight is 503 g/mol. The summed E-state index contributed by atoms with van der Waals surface area (Å²) in [4.78, 5) is 32.6. The Labute approximate surface area is 214 Å². The highest BCUT2D eigenvalue weighted by Gasteiger charge is 2.03. The summed E-state index contributed by atoms with van der Waals surface area (Å²) in [5.74, 6) is -0.178. The first-order valence-corrected chi connectivity index (χ1v) is 14.0. The molecule has 0 spiro atoms. The number of carbonyl (C=O) groups excluding carboxylic acids is 3. The number of quaternary nitrogens is 1. The van der Waals surface area contributed by atoms with Crippen LogP contribution in [-0.2, 0) is 19.1 Å².